The van der Waals surface area contributed by atoms with E-state index in [-0.39, 0.29) is 5.82 Å². The monoisotopic (exact) mass is 264 g/mol. The molecule has 19 heavy (non-hydrogen) atoms. The molecule has 1 heterocycles. The molecule has 5 heteroatoms. The van der Waals surface area contributed by atoms with E-state index in [1.165, 1.54) is 12.1 Å². The Hall–Kier alpha value is -1.62. The highest BCUT2D eigenvalue weighted by Crippen LogP contribution is 2.19. The van der Waals surface area contributed by atoms with Crippen LogP contribution >= 0.6 is 0 Å². The lowest BCUT2D eigenvalue weighted by Crippen LogP contribution is -2.31. The average molecular weight is 264 g/mol. The molecule has 104 valence electrons. The number of benzene rings is 1. The van der Waals surface area contributed by atoms with Gasteiger partial charge in [-0.1, -0.05) is 6.92 Å². The zero-order chi connectivity index (χ0) is 14.0. The number of rotatable bonds is 5. The molecule has 0 radical (unpaired) electrons. The third kappa shape index (κ3) is 2.87. The average Bonchev–Trinajstić information content (AvgIpc) is 2.69. The number of nitrogens with zero attached hydrogens (tertiary/aromatic N) is 3. The molecule has 0 aliphatic rings. The molecular weight excluding hydrogens is 243 g/mol. The van der Waals surface area contributed by atoms with Crippen molar-refractivity contribution < 1.29 is 4.39 Å². The van der Waals surface area contributed by atoms with Crippen LogP contribution in [0.2, 0.25) is 0 Å². The molecule has 2 aromatic rings. The standard InChI is InChI=1S/C14H21FN4/c1-4-10(2)18(3)7-8-19-13-6-5-11(15)9-12(13)17-14(19)16/h5-6,9-10H,4,7-8H2,1-3H3,(H2,16,17). The lowest BCUT2D eigenvalue weighted by Gasteiger charge is -2.23. The van der Waals surface area contributed by atoms with E-state index in [0.717, 1.165) is 25.0 Å². The first-order valence-corrected chi connectivity index (χ1v) is 6.64. The molecule has 0 aliphatic carbocycles. The summed E-state index contributed by atoms with van der Waals surface area (Å²) in [6.07, 6.45) is 1.11. The van der Waals surface area contributed by atoms with E-state index >= 15 is 0 Å². The quantitative estimate of drug-likeness (QED) is 0.902. The number of fused-ring (bicyclic) bond motifs is 1. The first-order valence-electron chi connectivity index (χ1n) is 6.64. The topological polar surface area (TPSA) is 47.1 Å². The lowest BCUT2D eigenvalue weighted by molar-refractivity contribution is 0.244. The number of halogens is 1. The van der Waals surface area contributed by atoms with Crippen molar-refractivity contribution in [2.24, 2.45) is 0 Å². The number of imidazole rings is 1. The minimum Gasteiger partial charge on any atom is -0.369 e. The van der Waals surface area contributed by atoms with E-state index in [9.17, 15) is 4.39 Å². The molecule has 1 atom stereocenters. The molecule has 2 rings (SSSR count). The predicted octanol–water partition coefficient (Wildman–Crippen LogP) is 2.49. The van der Waals surface area contributed by atoms with Crippen LogP contribution < -0.4 is 5.73 Å². The minimum absolute atomic E-state index is 0.283. The Morgan fingerprint density at radius 2 is 2.21 bits per heavy atom. The predicted molar refractivity (Wildman–Crippen MR) is 76.5 cm³/mol. The highest BCUT2D eigenvalue weighted by atomic mass is 19.1. The molecule has 2 N–H and O–H groups in total. The summed E-state index contributed by atoms with van der Waals surface area (Å²) in [6.45, 7) is 6.02. The van der Waals surface area contributed by atoms with Crippen LogP contribution in [0.5, 0.6) is 0 Å². The van der Waals surface area contributed by atoms with Crippen molar-refractivity contribution in [1.82, 2.24) is 14.5 Å². The maximum absolute atomic E-state index is 13.1. The van der Waals surface area contributed by atoms with Crippen LogP contribution in [0.15, 0.2) is 18.2 Å². The second kappa shape index (κ2) is 5.57. The number of nitrogen functional groups attached to an aromatic ring is 1. The van der Waals surface area contributed by atoms with E-state index in [1.807, 2.05) is 4.57 Å². The number of anilines is 1. The van der Waals surface area contributed by atoms with Crippen LogP contribution in [0, 0.1) is 5.82 Å². The fraction of sp³-hybridized carbons (Fsp3) is 0.500. The fourth-order valence-corrected chi connectivity index (χ4v) is 2.15. The second-order valence-electron chi connectivity index (χ2n) is 4.99. The van der Waals surface area contributed by atoms with Crippen LogP contribution in [-0.4, -0.2) is 34.1 Å². The molecule has 0 bridgehead atoms. The van der Waals surface area contributed by atoms with Crippen LogP contribution in [-0.2, 0) is 6.54 Å². The molecule has 4 nitrogen and oxygen atoms in total. The van der Waals surface area contributed by atoms with Crippen molar-refractivity contribution in [3.05, 3.63) is 24.0 Å². The summed E-state index contributed by atoms with van der Waals surface area (Å²) in [4.78, 5) is 6.49. The third-order valence-corrected chi connectivity index (χ3v) is 3.76. The fourth-order valence-electron chi connectivity index (χ4n) is 2.15. The third-order valence-electron chi connectivity index (χ3n) is 3.76. The zero-order valence-corrected chi connectivity index (χ0v) is 11.7. The second-order valence-corrected chi connectivity index (χ2v) is 4.99. The summed E-state index contributed by atoms with van der Waals surface area (Å²) < 4.78 is 15.1. The van der Waals surface area contributed by atoms with Crippen molar-refractivity contribution in [2.45, 2.75) is 32.9 Å². The Morgan fingerprint density at radius 1 is 1.47 bits per heavy atom. The van der Waals surface area contributed by atoms with E-state index in [1.54, 1.807) is 6.07 Å². The summed E-state index contributed by atoms with van der Waals surface area (Å²) in [6, 6.07) is 5.13. The van der Waals surface area contributed by atoms with Gasteiger partial charge in [0, 0.05) is 25.2 Å². The van der Waals surface area contributed by atoms with Crippen molar-refractivity contribution in [2.75, 3.05) is 19.3 Å². The van der Waals surface area contributed by atoms with E-state index in [4.69, 9.17) is 5.73 Å². The molecule has 0 saturated heterocycles. The number of aromatic nitrogens is 2. The summed E-state index contributed by atoms with van der Waals surface area (Å²) in [5.41, 5.74) is 7.41. The van der Waals surface area contributed by atoms with Gasteiger partial charge in [-0.15, -0.1) is 0 Å². The Bertz CT molecular complexity index is 564. The molecule has 1 aromatic carbocycles. The van der Waals surface area contributed by atoms with Gasteiger partial charge in [0.15, 0.2) is 0 Å². The number of hydrogen-bond acceptors (Lipinski definition) is 3. The lowest BCUT2D eigenvalue weighted by atomic mass is 10.2. The van der Waals surface area contributed by atoms with E-state index in [2.05, 4.69) is 30.8 Å². The first-order chi connectivity index (χ1) is 9.02. The number of likely N-dealkylation sites (N-methyl/N-ethyl adjacent to an activating group) is 1. The zero-order valence-electron chi connectivity index (χ0n) is 11.7. The van der Waals surface area contributed by atoms with Crippen molar-refractivity contribution in [1.29, 1.82) is 0 Å². The van der Waals surface area contributed by atoms with Gasteiger partial charge in [0.05, 0.1) is 11.0 Å². The molecule has 0 fully saturated rings. The van der Waals surface area contributed by atoms with Gasteiger partial charge in [0.25, 0.3) is 0 Å². The Morgan fingerprint density at radius 3 is 2.89 bits per heavy atom. The van der Waals surface area contributed by atoms with Gasteiger partial charge in [-0.3, -0.25) is 0 Å². The number of nitrogens with two attached hydrogens (primary N) is 1. The summed E-state index contributed by atoms with van der Waals surface area (Å²) in [5, 5.41) is 0. The van der Waals surface area contributed by atoms with Crippen molar-refractivity contribution >= 4 is 17.0 Å². The molecular formula is C14H21FN4. The Labute approximate surface area is 113 Å². The Balaban J connectivity index is 2.19. The van der Waals surface area contributed by atoms with E-state index in [0.29, 0.717) is 17.5 Å². The van der Waals surface area contributed by atoms with Crippen LogP contribution in [0.4, 0.5) is 10.3 Å². The smallest absolute Gasteiger partial charge is 0.201 e. The van der Waals surface area contributed by atoms with Gasteiger partial charge in [0.1, 0.15) is 5.82 Å². The number of hydrogen-bond donors (Lipinski definition) is 1. The van der Waals surface area contributed by atoms with Gasteiger partial charge < -0.3 is 15.2 Å². The molecule has 1 aromatic heterocycles. The van der Waals surface area contributed by atoms with Gasteiger partial charge >= 0.3 is 0 Å². The molecule has 0 saturated carbocycles. The van der Waals surface area contributed by atoms with Gasteiger partial charge in [-0.05, 0) is 32.5 Å². The molecule has 0 amide bonds. The van der Waals surface area contributed by atoms with Crippen molar-refractivity contribution in [3.63, 3.8) is 0 Å². The summed E-state index contributed by atoms with van der Waals surface area (Å²) >= 11 is 0. The minimum atomic E-state index is -0.283. The normalized spacial score (nSPS) is 13.3. The van der Waals surface area contributed by atoms with Gasteiger partial charge in [-0.25, -0.2) is 9.37 Å². The van der Waals surface area contributed by atoms with Gasteiger partial charge in [-0.2, -0.15) is 0 Å². The summed E-state index contributed by atoms with van der Waals surface area (Å²) in [5.74, 6) is 0.159. The van der Waals surface area contributed by atoms with Crippen molar-refractivity contribution in [3.8, 4) is 0 Å². The SMILES string of the molecule is CCC(C)N(C)CCn1c(N)nc2cc(F)ccc21. The first kappa shape index (κ1) is 13.8. The highest BCUT2D eigenvalue weighted by Gasteiger charge is 2.11. The summed E-state index contributed by atoms with van der Waals surface area (Å²) in [7, 11) is 2.10. The maximum Gasteiger partial charge on any atom is 0.201 e. The largest absolute Gasteiger partial charge is 0.369 e. The van der Waals surface area contributed by atoms with Gasteiger partial charge in [0.2, 0.25) is 5.95 Å². The Kier molecular flexibility index (Phi) is 4.04. The van der Waals surface area contributed by atoms with Crippen LogP contribution in [0.25, 0.3) is 11.0 Å². The van der Waals surface area contributed by atoms with Crippen LogP contribution in [0.1, 0.15) is 20.3 Å². The van der Waals surface area contributed by atoms with E-state index < -0.39 is 0 Å². The molecule has 0 aliphatic heterocycles. The van der Waals surface area contributed by atoms with Crippen LogP contribution in [0.3, 0.4) is 0 Å². The molecule has 1 unspecified atom stereocenters. The molecule has 0 spiro atoms. The highest BCUT2D eigenvalue weighted by molar-refractivity contribution is 5.78. The maximum atomic E-state index is 13.1.